The summed E-state index contributed by atoms with van der Waals surface area (Å²) in [4.78, 5) is 0. The minimum absolute atomic E-state index is 0. The molecule has 4 heavy (non-hydrogen) atoms. The second kappa shape index (κ2) is 22.7. The van der Waals surface area contributed by atoms with Gasteiger partial charge in [0.15, 0.2) is 0 Å². The normalized spacial score (nSPS) is 0. The van der Waals surface area contributed by atoms with Gasteiger partial charge in [0.25, 0.3) is 0 Å². The Hall–Kier alpha value is 1.66. The molecule has 0 saturated heterocycles. The van der Waals surface area contributed by atoms with Gasteiger partial charge >= 0.3 is 29.6 Å². The molecule has 0 aromatic rings. The Morgan fingerprint density at radius 2 is 0.750 bits per heavy atom. The molecule has 2 nitrogen and oxygen atoms in total. The Labute approximate surface area is 63.7 Å². The van der Waals surface area contributed by atoms with Crippen LogP contribution in [0.2, 0.25) is 0 Å². The first-order valence-electron chi connectivity index (χ1n) is 0. The molecular weight excluding hydrogens is 159 g/mol. The van der Waals surface area contributed by atoms with E-state index in [0.717, 1.165) is 0 Å². The van der Waals surface area contributed by atoms with E-state index in [1.54, 1.807) is 0 Å². The summed E-state index contributed by atoms with van der Waals surface area (Å²) in [5.74, 6) is 0. The summed E-state index contributed by atoms with van der Waals surface area (Å²) in [5.41, 5.74) is 0. The first-order chi connectivity index (χ1) is 0. The van der Waals surface area contributed by atoms with Crippen LogP contribution in [0.5, 0.6) is 0 Å². The Morgan fingerprint density at radius 3 is 0.750 bits per heavy atom. The van der Waals surface area contributed by atoms with Crippen molar-refractivity contribution < 1.29 is 22.4 Å². The average Bonchev–Trinajstić information content (AvgIpc) is 0. The molecule has 6 N–H and O–H groups in total. The van der Waals surface area contributed by atoms with Gasteiger partial charge in [-0.25, -0.2) is 0 Å². The Balaban J connectivity index is 0. The molecule has 0 aliphatic rings. The fourth-order valence-corrected chi connectivity index (χ4v) is 0. The van der Waals surface area contributed by atoms with E-state index in [0.29, 0.717) is 0 Å². The van der Waals surface area contributed by atoms with Crippen LogP contribution in [0, 0.1) is 0 Å². The SMILES string of the molecule is N.N.[Ag].[NaH]. The molecule has 0 saturated carbocycles. The van der Waals surface area contributed by atoms with Gasteiger partial charge in [0, 0.05) is 22.4 Å². The van der Waals surface area contributed by atoms with Gasteiger partial charge in [-0.15, -0.1) is 0 Å². The summed E-state index contributed by atoms with van der Waals surface area (Å²) < 4.78 is 0. The van der Waals surface area contributed by atoms with Gasteiger partial charge in [-0.2, -0.15) is 0 Å². The van der Waals surface area contributed by atoms with Crippen LogP contribution in [0.15, 0.2) is 0 Å². The van der Waals surface area contributed by atoms with Crippen molar-refractivity contribution in [3.8, 4) is 0 Å². The molecule has 0 aliphatic carbocycles. The van der Waals surface area contributed by atoms with Gasteiger partial charge < -0.3 is 12.3 Å². The zero-order valence-corrected chi connectivity index (χ0v) is 3.20. The summed E-state index contributed by atoms with van der Waals surface area (Å²) in [5, 5.41) is 0. The quantitative estimate of drug-likeness (QED) is 0.483. The maximum atomic E-state index is 0. The van der Waals surface area contributed by atoms with Crippen LogP contribution in [0.25, 0.3) is 0 Å². The third-order valence-corrected chi connectivity index (χ3v) is 0. The predicted molar refractivity (Wildman–Crippen MR) is 17.2 cm³/mol. The van der Waals surface area contributed by atoms with E-state index >= 15 is 0 Å². The molecule has 29 valence electrons. The number of hydrogen-bond donors (Lipinski definition) is 2. The van der Waals surface area contributed by atoms with Crippen LogP contribution < -0.4 is 12.3 Å². The third kappa shape index (κ3) is 9.40. The summed E-state index contributed by atoms with van der Waals surface area (Å²) in [7, 11) is 0. The van der Waals surface area contributed by atoms with Crippen LogP contribution >= 0.6 is 0 Å². The van der Waals surface area contributed by atoms with E-state index in [9.17, 15) is 0 Å². The van der Waals surface area contributed by atoms with Crippen molar-refractivity contribution in [3.05, 3.63) is 0 Å². The summed E-state index contributed by atoms with van der Waals surface area (Å²) in [6, 6.07) is 0. The molecule has 0 aliphatic heterocycles. The fraction of sp³-hybridized carbons (Fsp3) is 0. The van der Waals surface area contributed by atoms with Crippen molar-refractivity contribution in [2.45, 2.75) is 0 Å². The Morgan fingerprint density at radius 1 is 0.750 bits per heavy atom. The van der Waals surface area contributed by atoms with Crippen LogP contribution in [0.4, 0.5) is 0 Å². The topological polar surface area (TPSA) is 70.0 Å². The van der Waals surface area contributed by atoms with E-state index in [4.69, 9.17) is 0 Å². The molecular formula is H7AgN2Na. The third-order valence-electron chi connectivity index (χ3n) is 0. The van der Waals surface area contributed by atoms with E-state index in [1.165, 1.54) is 0 Å². The number of hydrogen-bond acceptors (Lipinski definition) is 2. The molecule has 1 radical (unpaired) electrons. The van der Waals surface area contributed by atoms with Crippen molar-refractivity contribution in [2.24, 2.45) is 0 Å². The van der Waals surface area contributed by atoms with Crippen LogP contribution in [-0.2, 0) is 22.4 Å². The second-order valence-corrected chi connectivity index (χ2v) is 0. The second-order valence-electron chi connectivity index (χ2n) is 0. The van der Waals surface area contributed by atoms with E-state index in [-0.39, 0.29) is 64.2 Å². The molecule has 4 heteroatoms. The molecule has 0 aromatic heterocycles. The van der Waals surface area contributed by atoms with E-state index in [2.05, 4.69) is 0 Å². The monoisotopic (exact) mass is 165 g/mol. The maximum absolute atomic E-state index is 0. The molecule has 0 bridgehead atoms. The van der Waals surface area contributed by atoms with Gasteiger partial charge in [0.2, 0.25) is 0 Å². The first kappa shape index (κ1) is 44.6. The summed E-state index contributed by atoms with van der Waals surface area (Å²) >= 11 is 0. The van der Waals surface area contributed by atoms with Crippen LogP contribution in [-0.4, -0.2) is 29.6 Å². The molecule has 0 spiro atoms. The summed E-state index contributed by atoms with van der Waals surface area (Å²) in [6.07, 6.45) is 0. The molecule has 0 amide bonds. The van der Waals surface area contributed by atoms with E-state index in [1.807, 2.05) is 0 Å². The van der Waals surface area contributed by atoms with Crippen LogP contribution in [0.3, 0.4) is 0 Å². The Kier molecular flexibility index (Phi) is 253. The zero-order chi connectivity index (χ0) is 0. The average molecular weight is 166 g/mol. The fourth-order valence-electron chi connectivity index (χ4n) is 0. The minimum atomic E-state index is 0. The van der Waals surface area contributed by atoms with E-state index < -0.39 is 0 Å². The van der Waals surface area contributed by atoms with Crippen molar-refractivity contribution in [3.63, 3.8) is 0 Å². The van der Waals surface area contributed by atoms with Gasteiger partial charge in [-0.1, -0.05) is 0 Å². The van der Waals surface area contributed by atoms with Crippen molar-refractivity contribution in [1.29, 1.82) is 0 Å². The number of rotatable bonds is 0. The first-order valence-corrected chi connectivity index (χ1v) is 0. The standard InChI is InChI=1S/Ag.2H3N.Na.H/h;2*1H3;;. The van der Waals surface area contributed by atoms with Crippen LogP contribution in [0.1, 0.15) is 0 Å². The zero-order valence-electron chi connectivity index (χ0n) is 1.72. The molecule has 0 fully saturated rings. The van der Waals surface area contributed by atoms with Crippen molar-refractivity contribution in [1.82, 2.24) is 12.3 Å². The Bertz CT molecular complexity index is 6.00. The molecule has 0 unspecified atom stereocenters. The molecule has 0 aromatic carbocycles. The van der Waals surface area contributed by atoms with Crippen molar-refractivity contribution in [2.75, 3.05) is 0 Å². The van der Waals surface area contributed by atoms with Gasteiger partial charge in [-0.05, 0) is 0 Å². The molecule has 0 rings (SSSR count). The molecule has 0 atom stereocenters. The van der Waals surface area contributed by atoms with Gasteiger partial charge in [0.1, 0.15) is 0 Å². The summed E-state index contributed by atoms with van der Waals surface area (Å²) in [6.45, 7) is 0. The van der Waals surface area contributed by atoms with Gasteiger partial charge in [0.05, 0.1) is 0 Å². The van der Waals surface area contributed by atoms with Crippen molar-refractivity contribution >= 4 is 29.6 Å². The predicted octanol–water partition coefficient (Wildman–Crippen LogP) is -0.327. The van der Waals surface area contributed by atoms with Gasteiger partial charge in [-0.3, -0.25) is 0 Å². The molecule has 0 heterocycles.